The molecule has 0 aliphatic heterocycles. The summed E-state index contributed by atoms with van der Waals surface area (Å²) in [6, 6.07) is 3.02. The highest BCUT2D eigenvalue weighted by molar-refractivity contribution is 5.70. The molecule has 2 unspecified atom stereocenters. The molecule has 0 radical (unpaired) electrons. The predicted octanol–water partition coefficient (Wildman–Crippen LogP) is 4.10. The first kappa shape index (κ1) is 22.9. The third kappa shape index (κ3) is 8.37. The maximum absolute atomic E-state index is 12.6. The van der Waals surface area contributed by atoms with Crippen LogP contribution in [-0.2, 0) is 11.2 Å². The zero-order chi connectivity index (χ0) is 20.8. The summed E-state index contributed by atoms with van der Waals surface area (Å²) in [6.07, 6.45) is -10.1. The molecule has 0 amide bonds. The lowest BCUT2D eigenvalue weighted by molar-refractivity contribution is -0.287. The molecule has 154 valence electrons. The molecule has 1 rings (SSSR count). The van der Waals surface area contributed by atoms with E-state index in [-0.39, 0.29) is 37.3 Å². The summed E-state index contributed by atoms with van der Waals surface area (Å²) in [5, 5.41) is 8.98. The number of aliphatic carboxylic acids is 1. The van der Waals surface area contributed by atoms with Gasteiger partial charge in [-0.05, 0) is 36.8 Å². The highest BCUT2D eigenvalue weighted by Gasteiger charge is 2.37. The Morgan fingerprint density at radius 1 is 1.15 bits per heavy atom. The van der Waals surface area contributed by atoms with Crippen LogP contribution < -0.4 is 15.2 Å². The molecule has 0 aromatic heterocycles. The van der Waals surface area contributed by atoms with Gasteiger partial charge in [0.05, 0.1) is 5.92 Å². The highest BCUT2D eigenvalue weighted by atomic mass is 19.4. The SMILES string of the molecule is CC(CCc1cccc(OC(F)(F)F)c1OC(F)(F)F)CC(CN)C(=O)O. The Morgan fingerprint density at radius 2 is 1.74 bits per heavy atom. The van der Waals surface area contributed by atoms with Gasteiger partial charge in [0.15, 0.2) is 11.5 Å². The molecule has 5 nitrogen and oxygen atoms in total. The van der Waals surface area contributed by atoms with Crippen LogP contribution in [0.5, 0.6) is 11.5 Å². The Kier molecular flexibility index (Phi) is 7.76. The Balaban J connectivity index is 2.98. The monoisotopic (exact) mass is 403 g/mol. The molecule has 27 heavy (non-hydrogen) atoms. The van der Waals surface area contributed by atoms with Crippen molar-refractivity contribution in [1.82, 2.24) is 0 Å². The average Bonchev–Trinajstić information content (AvgIpc) is 2.50. The van der Waals surface area contributed by atoms with Crippen LogP contribution in [0.15, 0.2) is 18.2 Å². The molecule has 0 fully saturated rings. The minimum absolute atomic E-state index is 0.0709. The lowest BCUT2D eigenvalue weighted by atomic mass is 9.91. The van der Waals surface area contributed by atoms with Gasteiger partial charge in [-0.25, -0.2) is 0 Å². The first-order chi connectivity index (χ1) is 12.3. The van der Waals surface area contributed by atoms with E-state index >= 15 is 0 Å². The minimum atomic E-state index is -5.21. The fraction of sp³-hybridized carbons (Fsp3) is 0.562. The summed E-state index contributed by atoms with van der Waals surface area (Å²) >= 11 is 0. The summed E-state index contributed by atoms with van der Waals surface area (Å²) in [7, 11) is 0. The second-order valence-electron chi connectivity index (χ2n) is 5.99. The molecule has 0 bridgehead atoms. The number of para-hydroxylation sites is 1. The maximum atomic E-state index is 12.6. The van der Waals surface area contributed by atoms with E-state index in [1.807, 2.05) is 0 Å². The van der Waals surface area contributed by atoms with Gasteiger partial charge in [0.1, 0.15) is 0 Å². The summed E-state index contributed by atoms with van der Waals surface area (Å²) in [6.45, 7) is 1.57. The topological polar surface area (TPSA) is 81.8 Å². The molecule has 3 N–H and O–H groups in total. The first-order valence-corrected chi connectivity index (χ1v) is 7.88. The van der Waals surface area contributed by atoms with Crippen LogP contribution in [-0.4, -0.2) is 30.3 Å². The Morgan fingerprint density at radius 3 is 2.22 bits per heavy atom. The van der Waals surface area contributed by atoms with Crippen molar-refractivity contribution in [3.8, 4) is 11.5 Å². The van der Waals surface area contributed by atoms with E-state index in [1.165, 1.54) is 6.07 Å². The fourth-order valence-corrected chi connectivity index (χ4v) is 2.50. The van der Waals surface area contributed by atoms with E-state index in [1.54, 1.807) is 6.92 Å². The van der Waals surface area contributed by atoms with Crippen LogP contribution in [0.2, 0.25) is 0 Å². The van der Waals surface area contributed by atoms with Crippen LogP contribution in [0.3, 0.4) is 0 Å². The number of hydrogen-bond donors (Lipinski definition) is 2. The van der Waals surface area contributed by atoms with Crippen LogP contribution in [0.25, 0.3) is 0 Å². The van der Waals surface area contributed by atoms with Crippen molar-refractivity contribution < 1.29 is 45.7 Å². The molecule has 1 aromatic carbocycles. The van der Waals surface area contributed by atoms with Crippen molar-refractivity contribution in [2.75, 3.05) is 6.54 Å². The summed E-state index contributed by atoms with van der Waals surface area (Å²) in [5.41, 5.74) is 5.21. The number of rotatable bonds is 9. The first-order valence-electron chi connectivity index (χ1n) is 7.88. The van der Waals surface area contributed by atoms with Crippen molar-refractivity contribution >= 4 is 5.97 Å². The molecule has 0 aliphatic carbocycles. The largest absolute Gasteiger partial charge is 0.573 e. The maximum Gasteiger partial charge on any atom is 0.573 e. The molecule has 1 aromatic rings. The third-order valence-electron chi connectivity index (χ3n) is 3.73. The second-order valence-corrected chi connectivity index (χ2v) is 5.99. The molecular formula is C16H19F6NO4. The Labute approximate surface area is 151 Å². The number of alkyl halides is 6. The van der Waals surface area contributed by atoms with Crippen molar-refractivity contribution in [2.24, 2.45) is 17.6 Å². The quantitative estimate of drug-likeness (QED) is 0.607. The summed E-state index contributed by atoms with van der Waals surface area (Å²) in [4.78, 5) is 11.0. The number of carboxylic acid groups (broad SMARTS) is 1. The number of nitrogens with two attached hydrogens (primary N) is 1. The number of carbonyl (C=O) groups is 1. The van der Waals surface area contributed by atoms with E-state index in [2.05, 4.69) is 9.47 Å². The lowest BCUT2D eigenvalue weighted by Crippen LogP contribution is -2.25. The van der Waals surface area contributed by atoms with Gasteiger partial charge in [-0.3, -0.25) is 4.79 Å². The standard InChI is InChI=1S/C16H19F6NO4/c1-9(7-11(8-23)14(24)25)5-6-10-3-2-4-12(26-15(17,18)19)13(10)27-16(20,21)22/h2-4,9,11H,5-8,23H2,1H3,(H,24,25). The van der Waals surface area contributed by atoms with Gasteiger partial charge in [0, 0.05) is 6.54 Å². The molecule has 0 saturated heterocycles. The third-order valence-corrected chi connectivity index (χ3v) is 3.73. The Bertz CT molecular complexity index is 632. The number of aryl methyl sites for hydroxylation is 1. The second kappa shape index (κ2) is 9.16. The van der Waals surface area contributed by atoms with Crippen LogP contribution in [0.1, 0.15) is 25.3 Å². The van der Waals surface area contributed by atoms with Crippen LogP contribution in [0, 0.1) is 11.8 Å². The van der Waals surface area contributed by atoms with Crippen molar-refractivity contribution in [1.29, 1.82) is 0 Å². The van der Waals surface area contributed by atoms with Gasteiger partial charge >= 0.3 is 18.7 Å². The summed E-state index contributed by atoms with van der Waals surface area (Å²) in [5.74, 6) is -4.32. The molecule has 11 heteroatoms. The molecule has 0 spiro atoms. The number of halogens is 6. The molecule has 2 atom stereocenters. The van der Waals surface area contributed by atoms with E-state index in [0.717, 1.165) is 12.1 Å². The normalized spacial score (nSPS) is 14.5. The number of carboxylic acids is 1. The van der Waals surface area contributed by atoms with Crippen molar-refractivity contribution in [3.63, 3.8) is 0 Å². The van der Waals surface area contributed by atoms with Crippen LogP contribution >= 0.6 is 0 Å². The molecular weight excluding hydrogens is 384 g/mol. The summed E-state index contributed by atoms with van der Waals surface area (Å²) < 4.78 is 82.5. The van der Waals surface area contributed by atoms with Gasteiger partial charge in [0.2, 0.25) is 0 Å². The Hall–Kier alpha value is -2.17. The average molecular weight is 403 g/mol. The van der Waals surface area contributed by atoms with Gasteiger partial charge in [-0.2, -0.15) is 0 Å². The van der Waals surface area contributed by atoms with E-state index in [0.29, 0.717) is 0 Å². The van der Waals surface area contributed by atoms with Gasteiger partial charge in [-0.1, -0.05) is 19.1 Å². The van der Waals surface area contributed by atoms with Gasteiger partial charge < -0.3 is 20.3 Å². The zero-order valence-electron chi connectivity index (χ0n) is 14.2. The smallest absolute Gasteiger partial charge is 0.481 e. The highest BCUT2D eigenvalue weighted by Crippen LogP contribution is 2.39. The number of benzene rings is 1. The van der Waals surface area contributed by atoms with Crippen molar-refractivity contribution in [2.45, 2.75) is 38.9 Å². The predicted molar refractivity (Wildman–Crippen MR) is 82.1 cm³/mol. The minimum Gasteiger partial charge on any atom is -0.481 e. The molecule has 0 aliphatic rings. The molecule has 0 heterocycles. The van der Waals surface area contributed by atoms with Crippen LogP contribution in [0.4, 0.5) is 26.3 Å². The number of hydrogen-bond acceptors (Lipinski definition) is 4. The van der Waals surface area contributed by atoms with Crippen molar-refractivity contribution in [3.05, 3.63) is 23.8 Å². The zero-order valence-corrected chi connectivity index (χ0v) is 14.2. The van der Waals surface area contributed by atoms with E-state index in [4.69, 9.17) is 10.8 Å². The van der Waals surface area contributed by atoms with E-state index in [9.17, 15) is 31.1 Å². The lowest BCUT2D eigenvalue weighted by Gasteiger charge is -2.20. The number of ether oxygens (including phenoxy) is 2. The molecule has 0 saturated carbocycles. The van der Waals surface area contributed by atoms with Gasteiger partial charge in [0.25, 0.3) is 0 Å². The van der Waals surface area contributed by atoms with Gasteiger partial charge in [-0.15, -0.1) is 26.3 Å². The van der Waals surface area contributed by atoms with E-state index < -0.39 is 36.1 Å². The fourth-order valence-electron chi connectivity index (χ4n) is 2.50.